The van der Waals surface area contributed by atoms with Crippen LogP contribution < -0.4 is 5.73 Å². The Labute approximate surface area is 101 Å². The summed E-state index contributed by atoms with van der Waals surface area (Å²) in [5, 5.41) is 0. The Morgan fingerprint density at radius 3 is 2.76 bits per heavy atom. The van der Waals surface area contributed by atoms with E-state index in [2.05, 4.69) is 0 Å². The molecule has 2 unspecified atom stereocenters. The van der Waals surface area contributed by atoms with E-state index in [1.165, 1.54) is 7.05 Å². The SMILES string of the molecule is CN(CC(F)F)C(=O)CCC1CCCC(N)C1. The molecule has 0 bridgehead atoms. The number of carbonyl (C=O) groups excluding carboxylic acids is 1. The molecule has 0 aromatic carbocycles. The van der Waals surface area contributed by atoms with Crippen LogP contribution in [0.2, 0.25) is 0 Å². The highest BCUT2D eigenvalue weighted by molar-refractivity contribution is 5.75. The van der Waals surface area contributed by atoms with Crippen molar-refractivity contribution in [2.75, 3.05) is 13.6 Å². The highest BCUT2D eigenvalue weighted by Crippen LogP contribution is 2.26. The van der Waals surface area contributed by atoms with Gasteiger partial charge in [0, 0.05) is 19.5 Å². The third-order valence-corrected chi connectivity index (χ3v) is 3.43. The number of halogens is 2. The van der Waals surface area contributed by atoms with Crippen molar-refractivity contribution >= 4 is 5.91 Å². The average molecular weight is 248 g/mol. The van der Waals surface area contributed by atoms with Gasteiger partial charge in [0.1, 0.15) is 0 Å². The molecule has 1 aliphatic rings. The van der Waals surface area contributed by atoms with Crippen molar-refractivity contribution in [3.8, 4) is 0 Å². The summed E-state index contributed by atoms with van der Waals surface area (Å²) < 4.78 is 24.2. The first kappa shape index (κ1) is 14.4. The Morgan fingerprint density at radius 2 is 2.18 bits per heavy atom. The van der Waals surface area contributed by atoms with E-state index in [0.29, 0.717) is 12.3 Å². The molecule has 0 aromatic rings. The molecule has 100 valence electrons. The molecule has 2 atom stereocenters. The fourth-order valence-electron chi connectivity index (χ4n) is 2.42. The van der Waals surface area contributed by atoms with Crippen LogP contribution in [0.4, 0.5) is 8.78 Å². The van der Waals surface area contributed by atoms with Gasteiger partial charge >= 0.3 is 0 Å². The van der Waals surface area contributed by atoms with Crippen LogP contribution in [0.25, 0.3) is 0 Å². The molecule has 0 aliphatic heterocycles. The standard InChI is InChI=1S/C12H22F2N2O/c1-16(8-11(13)14)12(17)6-5-9-3-2-4-10(15)7-9/h9-11H,2-8,15H2,1H3. The van der Waals surface area contributed by atoms with Crippen LogP contribution >= 0.6 is 0 Å². The van der Waals surface area contributed by atoms with Crippen LogP contribution in [0.5, 0.6) is 0 Å². The average Bonchev–Trinajstić information content (AvgIpc) is 2.25. The van der Waals surface area contributed by atoms with E-state index < -0.39 is 13.0 Å². The zero-order chi connectivity index (χ0) is 12.8. The second-order valence-corrected chi connectivity index (χ2v) is 5.00. The number of hydrogen-bond acceptors (Lipinski definition) is 2. The largest absolute Gasteiger partial charge is 0.340 e. The summed E-state index contributed by atoms with van der Waals surface area (Å²) in [6.07, 6.45) is 2.95. The molecule has 0 saturated heterocycles. The number of hydrogen-bond donors (Lipinski definition) is 1. The number of nitrogens with two attached hydrogens (primary N) is 1. The van der Waals surface area contributed by atoms with E-state index >= 15 is 0 Å². The van der Waals surface area contributed by atoms with Gasteiger partial charge in [0.05, 0.1) is 6.54 Å². The maximum absolute atomic E-state index is 12.1. The maximum Gasteiger partial charge on any atom is 0.255 e. The van der Waals surface area contributed by atoms with E-state index in [4.69, 9.17) is 5.73 Å². The number of amides is 1. The van der Waals surface area contributed by atoms with Gasteiger partial charge < -0.3 is 10.6 Å². The molecular formula is C12H22F2N2O. The summed E-state index contributed by atoms with van der Waals surface area (Å²) in [6.45, 7) is -0.469. The molecule has 0 radical (unpaired) electrons. The van der Waals surface area contributed by atoms with Gasteiger partial charge in [0.25, 0.3) is 6.43 Å². The number of nitrogens with zero attached hydrogens (tertiary/aromatic N) is 1. The summed E-state index contributed by atoms with van der Waals surface area (Å²) in [7, 11) is 1.43. The van der Waals surface area contributed by atoms with Gasteiger partial charge in [-0.3, -0.25) is 4.79 Å². The molecule has 1 fully saturated rings. The quantitative estimate of drug-likeness (QED) is 0.809. The van der Waals surface area contributed by atoms with Crippen molar-refractivity contribution in [2.24, 2.45) is 11.7 Å². The minimum absolute atomic E-state index is 0.190. The maximum atomic E-state index is 12.1. The van der Waals surface area contributed by atoms with Crippen LogP contribution in [0.15, 0.2) is 0 Å². The van der Waals surface area contributed by atoms with Crippen molar-refractivity contribution in [3.63, 3.8) is 0 Å². The predicted octanol–water partition coefficient (Wildman–Crippen LogP) is 2.01. The molecular weight excluding hydrogens is 226 g/mol. The topological polar surface area (TPSA) is 46.3 Å². The summed E-state index contributed by atoms with van der Waals surface area (Å²) in [6, 6.07) is 0.252. The van der Waals surface area contributed by atoms with Gasteiger partial charge in [0.2, 0.25) is 5.91 Å². The molecule has 2 N–H and O–H groups in total. The third kappa shape index (κ3) is 5.44. The monoisotopic (exact) mass is 248 g/mol. The van der Waals surface area contributed by atoms with Crippen LogP contribution in [-0.4, -0.2) is 36.9 Å². The lowest BCUT2D eigenvalue weighted by atomic mass is 9.83. The van der Waals surface area contributed by atoms with Gasteiger partial charge in [-0.25, -0.2) is 8.78 Å². The van der Waals surface area contributed by atoms with E-state index in [1.54, 1.807) is 0 Å². The normalized spacial score (nSPS) is 25.0. The van der Waals surface area contributed by atoms with Crippen LogP contribution in [0.1, 0.15) is 38.5 Å². The molecule has 3 nitrogen and oxygen atoms in total. The van der Waals surface area contributed by atoms with E-state index in [1.807, 2.05) is 0 Å². The van der Waals surface area contributed by atoms with Crippen LogP contribution in [-0.2, 0) is 4.79 Å². The Bertz CT molecular complexity index is 249. The van der Waals surface area contributed by atoms with Crippen LogP contribution in [0, 0.1) is 5.92 Å². The molecule has 0 aromatic heterocycles. The van der Waals surface area contributed by atoms with E-state index in [9.17, 15) is 13.6 Å². The molecule has 1 saturated carbocycles. The molecule has 1 aliphatic carbocycles. The van der Waals surface area contributed by atoms with Crippen molar-refractivity contribution in [3.05, 3.63) is 0 Å². The molecule has 5 heteroatoms. The summed E-state index contributed by atoms with van der Waals surface area (Å²) in [4.78, 5) is 12.7. The van der Waals surface area contributed by atoms with E-state index in [-0.39, 0.29) is 11.9 Å². The molecule has 17 heavy (non-hydrogen) atoms. The van der Waals surface area contributed by atoms with Crippen molar-refractivity contribution in [2.45, 2.75) is 51.0 Å². The van der Waals surface area contributed by atoms with Crippen molar-refractivity contribution in [1.29, 1.82) is 0 Å². The van der Waals surface area contributed by atoms with Gasteiger partial charge in [0.15, 0.2) is 0 Å². The lowest BCUT2D eigenvalue weighted by Gasteiger charge is -2.27. The number of carbonyl (C=O) groups is 1. The first-order valence-electron chi connectivity index (χ1n) is 6.26. The van der Waals surface area contributed by atoms with Crippen LogP contribution in [0.3, 0.4) is 0 Å². The minimum atomic E-state index is -2.45. The van der Waals surface area contributed by atoms with Gasteiger partial charge in [-0.1, -0.05) is 12.8 Å². The highest BCUT2D eigenvalue weighted by Gasteiger charge is 2.21. The second-order valence-electron chi connectivity index (χ2n) is 5.00. The predicted molar refractivity (Wildman–Crippen MR) is 62.8 cm³/mol. The third-order valence-electron chi connectivity index (χ3n) is 3.43. The summed E-state index contributed by atoms with van der Waals surface area (Å²) >= 11 is 0. The first-order chi connectivity index (χ1) is 7.99. The number of rotatable bonds is 5. The zero-order valence-corrected chi connectivity index (χ0v) is 10.4. The second kappa shape index (κ2) is 6.89. The van der Waals surface area contributed by atoms with Crippen molar-refractivity contribution < 1.29 is 13.6 Å². The lowest BCUT2D eigenvalue weighted by molar-refractivity contribution is -0.132. The molecule has 0 heterocycles. The first-order valence-corrected chi connectivity index (χ1v) is 6.26. The zero-order valence-electron chi connectivity index (χ0n) is 10.4. The van der Waals surface area contributed by atoms with Gasteiger partial charge in [-0.2, -0.15) is 0 Å². The number of alkyl halides is 2. The Kier molecular flexibility index (Phi) is 5.82. The van der Waals surface area contributed by atoms with Gasteiger partial charge in [-0.05, 0) is 25.2 Å². The Morgan fingerprint density at radius 1 is 1.47 bits per heavy atom. The summed E-state index contributed by atoms with van der Waals surface area (Å²) in [5.74, 6) is 0.298. The smallest absolute Gasteiger partial charge is 0.255 e. The van der Waals surface area contributed by atoms with E-state index in [0.717, 1.165) is 37.0 Å². The molecule has 1 amide bonds. The summed E-state index contributed by atoms with van der Waals surface area (Å²) in [5.41, 5.74) is 5.86. The fourth-order valence-corrected chi connectivity index (χ4v) is 2.42. The lowest BCUT2D eigenvalue weighted by Crippen LogP contribution is -2.32. The highest BCUT2D eigenvalue weighted by atomic mass is 19.3. The van der Waals surface area contributed by atoms with Crippen molar-refractivity contribution in [1.82, 2.24) is 4.90 Å². The fraction of sp³-hybridized carbons (Fsp3) is 0.917. The molecule has 0 spiro atoms. The Balaban J connectivity index is 2.22. The Hall–Kier alpha value is -0.710. The molecule has 1 rings (SSSR count). The van der Waals surface area contributed by atoms with Gasteiger partial charge in [-0.15, -0.1) is 0 Å². The minimum Gasteiger partial charge on any atom is -0.340 e.